The highest BCUT2D eigenvalue weighted by Crippen LogP contribution is 2.27. The van der Waals surface area contributed by atoms with Crippen molar-refractivity contribution in [3.05, 3.63) is 46.7 Å². The number of rotatable bonds is 3. The van der Waals surface area contributed by atoms with Gasteiger partial charge in [0.2, 0.25) is 0 Å². The van der Waals surface area contributed by atoms with Crippen LogP contribution in [-0.4, -0.2) is 16.1 Å². The van der Waals surface area contributed by atoms with E-state index < -0.39 is 5.91 Å². The Balaban J connectivity index is 2.34. The zero-order valence-corrected chi connectivity index (χ0v) is 10.3. The summed E-state index contributed by atoms with van der Waals surface area (Å²) in [6.45, 7) is 0. The number of hydrogen-bond donors (Lipinski definition) is 1. The average Bonchev–Trinajstić information content (AvgIpc) is 2.39. The molecule has 0 unspecified atom stereocenters. The minimum Gasteiger partial charge on any atom is -0.455 e. The van der Waals surface area contributed by atoms with Gasteiger partial charge < -0.3 is 10.5 Å². The number of nitrogens with two attached hydrogens (primary N) is 1. The second kappa shape index (κ2) is 5.33. The SMILES string of the molecule is N#Cc1ccc(Oc2ccnnc2C(N)=O)cc1Cl. The lowest BCUT2D eigenvalue weighted by Gasteiger charge is -2.08. The molecule has 1 aromatic heterocycles. The number of carbonyl (C=O) groups is 1. The Bertz CT molecular complexity index is 682. The van der Waals surface area contributed by atoms with Crippen LogP contribution < -0.4 is 10.5 Å². The number of ether oxygens (including phenoxy) is 1. The number of nitrogens with zero attached hydrogens (tertiary/aromatic N) is 3. The van der Waals surface area contributed by atoms with Crippen LogP contribution in [0.1, 0.15) is 16.1 Å². The molecule has 0 saturated heterocycles. The topological polar surface area (TPSA) is 102 Å². The molecule has 0 spiro atoms. The van der Waals surface area contributed by atoms with E-state index in [-0.39, 0.29) is 16.5 Å². The molecule has 0 aliphatic rings. The predicted octanol–water partition coefficient (Wildman–Crippen LogP) is 1.89. The van der Waals surface area contributed by atoms with Crippen molar-refractivity contribution in [2.45, 2.75) is 0 Å². The number of carbonyl (C=O) groups excluding carboxylic acids is 1. The predicted molar refractivity (Wildman–Crippen MR) is 66.8 cm³/mol. The first-order valence-electron chi connectivity index (χ1n) is 5.11. The quantitative estimate of drug-likeness (QED) is 0.921. The van der Waals surface area contributed by atoms with Crippen molar-refractivity contribution in [3.8, 4) is 17.6 Å². The maximum Gasteiger partial charge on any atom is 0.273 e. The van der Waals surface area contributed by atoms with E-state index in [1.165, 1.54) is 24.4 Å². The number of primary amides is 1. The molecular weight excluding hydrogens is 268 g/mol. The Morgan fingerprint density at radius 3 is 2.84 bits per heavy atom. The second-order valence-corrected chi connectivity index (χ2v) is 3.87. The van der Waals surface area contributed by atoms with Crippen LogP contribution in [-0.2, 0) is 0 Å². The Morgan fingerprint density at radius 2 is 2.21 bits per heavy atom. The van der Waals surface area contributed by atoms with Crippen LogP contribution in [0.5, 0.6) is 11.5 Å². The van der Waals surface area contributed by atoms with Crippen LogP contribution in [0.4, 0.5) is 0 Å². The number of hydrogen-bond acceptors (Lipinski definition) is 5. The summed E-state index contributed by atoms with van der Waals surface area (Å²) in [5.74, 6) is -0.217. The van der Waals surface area contributed by atoms with Gasteiger partial charge in [0.05, 0.1) is 16.8 Å². The molecular formula is C12H7ClN4O2. The van der Waals surface area contributed by atoms with Gasteiger partial charge in [-0.1, -0.05) is 11.6 Å². The van der Waals surface area contributed by atoms with Crippen LogP contribution in [0.25, 0.3) is 0 Å². The lowest BCUT2D eigenvalue weighted by atomic mass is 10.2. The van der Waals surface area contributed by atoms with E-state index in [9.17, 15) is 4.79 Å². The molecule has 1 aromatic carbocycles. The van der Waals surface area contributed by atoms with Crippen LogP contribution in [0.2, 0.25) is 5.02 Å². The Labute approximate surface area is 113 Å². The van der Waals surface area contributed by atoms with Gasteiger partial charge in [-0.2, -0.15) is 10.4 Å². The third-order valence-corrected chi connectivity index (χ3v) is 2.52. The number of nitriles is 1. The molecule has 0 fully saturated rings. The second-order valence-electron chi connectivity index (χ2n) is 3.46. The van der Waals surface area contributed by atoms with Crippen LogP contribution in [0.3, 0.4) is 0 Å². The third-order valence-electron chi connectivity index (χ3n) is 2.21. The van der Waals surface area contributed by atoms with E-state index in [2.05, 4.69) is 10.2 Å². The van der Waals surface area contributed by atoms with E-state index in [0.29, 0.717) is 11.3 Å². The monoisotopic (exact) mass is 274 g/mol. The molecule has 2 N–H and O–H groups in total. The summed E-state index contributed by atoms with van der Waals surface area (Å²) in [6, 6.07) is 7.91. The molecule has 1 heterocycles. The van der Waals surface area contributed by atoms with Crippen LogP contribution in [0.15, 0.2) is 30.5 Å². The van der Waals surface area contributed by atoms with Gasteiger partial charge >= 0.3 is 0 Å². The summed E-state index contributed by atoms with van der Waals surface area (Å²) in [4.78, 5) is 11.1. The molecule has 94 valence electrons. The summed E-state index contributed by atoms with van der Waals surface area (Å²) in [5, 5.41) is 16.2. The van der Waals surface area contributed by atoms with E-state index in [1.807, 2.05) is 6.07 Å². The van der Waals surface area contributed by atoms with Crippen LogP contribution in [0, 0.1) is 11.3 Å². The first kappa shape index (κ1) is 12.8. The summed E-state index contributed by atoms with van der Waals surface area (Å²) in [5.41, 5.74) is 5.40. The van der Waals surface area contributed by atoms with E-state index in [0.717, 1.165) is 0 Å². The van der Waals surface area contributed by atoms with Crippen molar-refractivity contribution < 1.29 is 9.53 Å². The van der Waals surface area contributed by atoms with Crippen molar-refractivity contribution in [1.82, 2.24) is 10.2 Å². The molecule has 2 aromatic rings. The van der Waals surface area contributed by atoms with Crippen molar-refractivity contribution >= 4 is 17.5 Å². The summed E-state index contributed by atoms with van der Waals surface area (Å²) < 4.78 is 5.45. The van der Waals surface area contributed by atoms with E-state index >= 15 is 0 Å². The van der Waals surface area contributed by atoms with Crippen molar-refractivity contribution in [2.75, 3.05) is 0 Å². The first-order chi connectivity index (χ1) is 9.11. The molecule has 0 aliphatic carbocycles. The molecule has 0 radical (unpaired) electrons. The molecule has 0 aliphatic heterocycles. The van der Waals surface area contributed by atoms with Gasteiger partial charge in [0.25, 0.3) is 5.91 Å². The fourth-order valence-corrected chi connectivity index (χ4v) is 1.56. The van der Waals surface area contributed by atoms with E-state index in [1.54, 1.807) is 6.07 Å². The molecule has 6 nitrogen and oxygen atoms in total. The highest BCUT2D eigenvalue weighted by atomic mass is 35.5. The Hall–Kier alpha value is -2.65. The number of benzene rings is 1. The van der Waals surface area contributed by atoms with Gasteiger partial charge in [-0.25, -0.2) is 0 Å². The van der Waals surface area contributed by atoms with Gasteiger partial charge in [-0.15, -0.1) is 5.10 Å². The zero-order chi connectivity index (χ0) is 13.8. The highest BCUT2D eigenvalue weighted by molar-refractivity contribution is 6.31. The maximum atomic E-state index is 11.1. The highest BCUT2D eigenvalue weighted by Gasteiger charge is 2.12. The molecule has 0 atom stereocenters. The number of halogens is 1. The van der Waals surface area contributed by atoms with Crippen molar-refractivity contribution in [3.63, 3.8) is 0 Å². The van der Waals surface area contributed by atoms with Gasteiger partial charge in [-0.3, -0.25) is 4.79 Å². The molecule has 2 rings (SSSR count). The lowest BCUT2D eigenvalue weighted by Crippen LogP contribution is -2.14. The molecule has 0 bridgehead atoms. The van der Waals surface area contributed by atoms with Crippen molar-refractivity contribution in [2.24, 2.45) is 5.73 Å². The smallest absolute Gasteiger partial charge is 0.273 e. The molecule has 19 heavy (non-hydrogen) atoms. The zero-order valence-electron chi connectivity index (χ0n) is 9.50. The standard InChI is InChI=1S/C12H7ClN4O2/c13-9-5-8(2-1-7(9)6-14)19-10-3-4-16-17-11(10)12(15)18/h1-5H,(H2,15,18). The fourth-order valence-electron chi connectivity index (χ4n) is 1.35. The average molecular weight is 275 g/mol. The van der Waals surface area contributed by atoms with Gasteiger partial charge in [0.1, 0.15) is 11.8 Å². The molecule has 7 heteroatoms. The normalized spacial score (nSPS) is 9.68. The summed E-state index contributed by atoms with van der Waals surface area (Å²) in [6.07, 6.45) is 1.37. The minimum absolute atomic E-state index is 0.0806. The van der Waals surface area contributed by atoms with Crippen molar-refractivity contribution in [1.29, 1.82) is 5.26 Å². The number of amides is 1. The Kier molecular flexibility index (Phi) is 3.59. The van der Waals surface area contributed by atoms with Gasteiger partial charge in [0, 0.05) is 12.1 Å². The maximum absolute atomic E-state index is 11.1. The fraction of sp³-hybridized carbons (Fsp3) is 0. The lowest BCUT2D eigenvalue weighted by molar-refractivity contribution is 0.0992. The van der Waals surface area contributed by atoms with Gasteiger partial charge in [-0.05, 0) is 12.1 Å². The Morgan fingerprint density at radius 1 is 1.42 bits per heavy atom. The first-order valence-corrected chi connectivity index (χ1v) is 5.48. The molecule has 1 amide bonds. The minimum atomic E-state index is -0.747. The molecule has 0 saturated carbocycles. The number of aromatic nitrogens is 2. The van der Waals surface area contributed by atoms with Gasteiger partial charge in [0.15, 0.2) is 11.4 Å². The largest absolute Gasteiger partial charge is 0.455 e. The summed E-state index contributed by atoms with van der Waals surface area (Å²) >= 11 is 5.88. The van der Waals surface area contributed by atoms with E-state index in [4.69, 9.17) is 27.3 Å². The van der Waals surface area contributed by atoms with Crippen LogP contribution >= 0.6 is 11.6 Å². The third kappa shape index (κ3) is 2.78. The summed E-state index contributed by atoms with van der Waals surface area (Å²) in [7, 11) is 0.